The van der Waals surface area contributed by atoms with Crippen LogP contribution in [-0.4, -0.2) is 10.1 Å². The van der Waals surface area contributed by atoms with Crippen molar-refractivity contribution in [2.45, 2.75) is 19.8 Å². The topological polar surface area (TPSA) is 33.1 Å². The second-order valence-electron chi connectivity index (χ2n) is 4.68. The Morgan fingerprint density at radius 2 is 2.00 bits per heavy atom. The lowest BCUT2D eigenvalue weighted by Crippen LogP contribution is -1.88. The van der Waals surface area contributed by atoms with E-state index in [1.54, 1.807) is 24.4 Å². The van der Waals surface area contributed by atoms with Crippen LogP contribution in [0.5, 0.6) is 5.75 Å². The van der Waals surface area contributed by atoms with Crippen LogP contribution < -0.4 is 0 Å². The van der Waals surface area contributed by atoms with E-state index in [4.69, 9.17) is 11.6 Å². The van der Waals surface area contributed by atoms with Crippen LogP contribution in [0.1, 0.15) is 36.6 Å². The standard InChI is InChI=1S/C16H16ClNO/c1-11(2)13-7-5-12(10-16(13)19)6-8-15-14(17)4-3-9-18-15/h3-11,19H,1-2H3/b8-6+. The van der Waals surface area contributed by atoms with Crippen LogP contribution in [0.15, 0.2) is 36.5 Å². The molecule has 0 amide bonds. The number of phenols is 1. The number of aromatic hydroxyl groups is 1. The van der Waals surface area contributed by atoms with Gasteiger partial charge in [0, 0.05) is 6.20 Å². The van der Waals surface area contributed by atoms with Crippen LogP contribution in [0, 0.1) is 0 Å². The Balaban J connectivity index is 2.25. The fourth-order valence-electron chi connectivity index (χ4n) is 1.85. The highest BCUT2D eigenvalue weighted by Gasteiger charge is 2.05. The van der Waals surface area contributed by atoms with Gasteiger partial charge >= 0.3 is 0 Å². The average molecular weight is 274 g/mol. The first kappa shape index (κ1) is 13.6. The SMILES string of the molecule is CC(C)c1ccc(/C=C/c2ncccc2Cl)cc1O. The Morgan fingerprint density at radius 1 is 1.21 bits per heavy atom. The molecule has 98 valence electrons. The number of halogens is 1. The van der Waals surface area contributed by atoms with Crippen molar-refractivity contribution in [1.29, 1.82) is 0 Å². The van der Waals surface area contributed by atoms with Crippen LogP contribution in [0.25, 0.3) is 12.2 Å². The number of pyridine rings is 1. The fraction of sp³-hybridized carbons (Fsp3) is 0.188. The van der Waals surface area contributed by atoms with Gasteiger partial charge in [-0.2, -0.15) is 0 Å². The molecule has 3 heteroatoms. The van der Waals surface area contributed by atoms with Gasteiger partial charge in [0.25, 0.3) is 0 Å². The van der Waals surface area contributed by atoms with Crippen molar-refractivity contribution < 1.29 is 5.11 Å². The minimum Gasteiger partial charge on any atom is -0.508 e. The number of hydrogen-bond acceptors (Lipinski definition) is 2. The summed E-state index contributed by atoms with van der Waals surface area (Å²) in [6.45, 7) is 4.11. The summed E-state index contributed by atoms with van der Waals surface area (Å²) in [6.07, 6.45) is 5.43. The predicted molar refractivity (Wildman–Crippen MR) is 80.4 cm³/mol. The van der Waals surface area contributed by atoms with E-state index in [0.29, 0.717) is 16.7 Å². The Labute approximate surface area is 118 Å². The van der Waals surface area contributed by atoms with Crippen LogP contribution in [0.4, 0.5) is 0 Å². The molecule has 2 nitrogen and oxygen atoms in total. The number of rotatable bonds is 3. The Bertz CT molecular complexity index is 605. The van der Waals surface area contributed by atoms with E-state index >= 15 is 0 Å². The first-order valence-corrected chi connectivity index (χ1v) is 6.57. The summed E-state index contributed by atoms with van der Waals surface area (Å²) in [6, 6.07) is 9.27. The number of hydrogen-bond donors (Lipinski definition) is 1. The molecule has 1 aromatic heterocycles. The first-order chi connectivity index (χ1) is 9.08. The van der Waals surface area contributed by atoms with Crippen LogP contribution in [-0.2, 0) is 0 Å². The summed E-state index contributed by atoms with van der Waals surface area (Å²) < 4.78 is 0. The maximum absolute atomic E-state index is 9.94. The monoisotopic (exact) mass is 273 g/mol. The van der Waals surface area contributed by atoms with Gasteiger partial charge in [-0.05, 0) is 41.3 Å². The molecule has 0 bridgehead atoms. The Morgan fingerprint density at radius 3 is 2.63 bits per heavy atom. The summed E-state index contributed by atoms with van der Waals surface area (Å²) in [5.74, 6) is 0.632. The zero-order valence-electron chi connectivity index (χ0n) is 11.0. The van der Waals surface area contributed by atoms with E-state index in [1.807, 2.05) is 24.3 Å². The lowest BCUT2D eigenvalue weighted by molar-refractivity contribution is 0.465. The molecule has 0 fully saturated rings. The molecular weight excluding hydrogens is 258 g/mol. The molecule has 0 saturated heterocycles. The first-order valence-electron chi connectivity index (χ1n) is 6.19. The van der Waals surface area contributed by atoms with Gasteiger partial charge < -0.3 is 5.11 Å². The molecule has 0 atom stereocenters. The van der Waals surface area contributed by atoms with Gasteiger partial charge in [0.1, 0.15) is 5.75 Å². The summed E-state index contributed by atoms with van der Waals surface area (Å²) in [7, 11) is 0. The van der Waals surface area contributed by atoms with Crippen molar-refractivity contribution in [2.24, 2.45) is 0 Å². The highest BCUT2D eigenvalue weighted by Crippen LogP contribution is 2.27. The molecule has 0 aliphatic heterocycles. The van der Waals surface area contributed by atoms with E-state index in [0.717, 1.165) is 16.8 Å². The summed E-state index contributed by atoms with van der Waals surface area (Å²) >= 11 is 6.03. The molecule has 0 spiro atoms. The van der Waals surface area contributed by atoms with Crippen molar-refractivity contribution in [3.05, 3.63) is 58.4 Å². The Kier molecular flexibility index (Phi) is 4.23. The molecular formula is C16H16ClNO. The fourth-order valence-corrected chi connectivity index (χ4v) is 2.03. The quantitative estimate of drug-likeness (QED) is 0.877. The largest absolute Gasteiger partial charge is 0.508 e. The van der Waals surface area contributed by atoms with Gasteiger partial charge in [-0.15, -0.1) is 0 Å². The second-order valence-corrected chi connectivity index (χ2v) is 5.08. The van der Waals surface area contributed by atoms with Gasteiger partial charge in [0.05, 0.1) is 10.7 Å². The maximum atomic E-state index is 9.94. The van der Waals surface area contributed by atoms with Crippen molar-refractivity contribution in [3.63, 3.8) is 0 Å². The molecule has 1 heterocycles. The normalized spacial score (nSPS) is 11.4. The van der Waals surface area contributed by atoms with E-state index in [-0.39, 0.29) is 0 Å². The molecule has 2 rings (SSSR count). The number of benzene rings is 1. The van der Waals surface area contributed by atoms with E-state index in [9.17, 15) is 5.11 Å². The molecule has 0 unspecified atom stereocenters. The second kappa shape index (κ2) is 5.89. The molecule has 1 N–H and O–H groups in total. The van der Waals surface area contributed by atoms with Crippen LogP contribution in [0.2, 0.25) is 5.02 Å². The van der Waals surface area contributed by atoms with Gasteiger partial charge in [-0.1, -0.05) is 43.7 Å². The maximum Gasteiger partial charge on any atom is 0.119 e. The Hall–Kier alpha value is -1.80. The lowest BCUT2D eigenvalue weighted by Gasteiger charge is -2.08. The van der Waals surface area contributed by atoms with E-state index in [1.165, 1.54) is 0 Å². The summed E-state index contributed by atoms with van der Waals surface area (Å²) in [5, 5.41) is 10.6. The zero-order chi connectivity index (χ0) is 13.8. The highest BCUT2D eigenvalue weighted by molar-refractivity contribution is 6.31. The molecule has 1 aromatic carbocycles. The third-order valence-corrected chi connectivity index (χ3v) is 3.22. The molecule has 0 radical (unpaired) electrons. The van der Waals surface area contributed by atoms with Crippen LogP contribution >= 0.6 is 11.6 Å². The minimum absolute atomic E-state index is 0.309. The predicted octanol–water partition coefficient (Wildman–Crippen LogP) is 4.73. The minimum atomic E-state index is 0.309. The number of aromatic nitrogens is 1. The smallest absolute Gasteiger partial charge is 0.119 e. The van der Waals surface area contributed by atoms with Crippen molar-refractivity contribution in [2.75, 3.05) is 0 Å². The van der Waals surface area contributed by atoms with E-state index in [2.05, 4.69) is 18.8 Å². The summed E-state index contributed by atoms with van der Waals surface area (Å²) in [5.41, 5.74) is 2.59. The third kappa shape index (κ3) is 3.36. The highest BCUT2D eigenvalue weighted by atomic mass is 35.5. The zero-order valence-corrected chi connectivity index (χ0v) is 11.7. The van der Waals surface area contributed by atoms with Crippen molar-refractivity contribution in [1.82, 2.24) is 4.98 Å². The summed E-state index contributed by atoms with van der Waals surface area (Å²) in [4.78, 5) is 4.18. The number of phenolic OH excluding ortho intramolecular Hbond substituents is 1. The van der Waals surface area contributed by atoms with Gasteiger partial charge in [0.2, 0.25) is 0 Å². The number of nitrogens with zero attached hydrogens (tertiary/aromatic N) is 1. The van der Waals surface area contributed by atoms with Gasteiger partial charge in [0.15, 0.2) is 0 Å². The lowest BCUT2D eigenvalue weighted by atomic mass is 10.0. The van der Waals surface area contributed by atoms with Crippen LogP contribution in [0.3, 0.4) is 0 Å². The molecule has 0 aliphatic carbocycles. The molecule has 2 aromatic rings. The average Bonchev–Trinajstić information content (AvgIpc) is 2.37. The molecule has 0 aliphatic rings. The molecule has 19 heavy (non-hydrogen) atoms. The molecule has 0 saturated carbocycles. The third-order valence-electron chi connectivity index (χ3n) is 2.90. The van der Waals surface area contributed by atoms with Gasteiger partial charge in [-0.25, -0.2) is 0 Å². The van der Waals surface area contributed by atoms with Crippen molar-refractivity contribution in [3.8, 4) is 5.75 Å². The van der Waals surface area contributed by atoms with Gasteiger partial charge in [-0.3, -0.25) is 4.98 Å². The van der Waals surface area contributed by atoms with Crippen molar-refractivity contribution >= 4 is 23.8 Å². The van der Waals surface area contributed by atoms with E-state index < -0.39 is 0 Å².